The minimum atomic E-state index is -2.66. The largest absolute Gasteiger partial charge is 0.262 e. The van der Waals surface area contributed by atoms with E-state index in [2.05, 4.69) is 0 Å². The summed E-state index contributed by atoms with van der Waals surface area (Å²) < 4.78 is 38.0. The van der Waals surface area contributed by atoms with E-state index in [1.165, 1.54) is 24.3 Å². The predicted molar refractivity (Wildman–Crippen MR) is 39.4 cm³/mol. The van der Waals surface area contributed by atoms with Crippen LogP contribution in [0.1, 0.15) is 0 Å². The van der Waals surface area contributed by atoms with Gasteiger partial charge in [-0.1, -0.05) is 18.2 Å². The van der Waals surface area contributed by atoms with Crippen molar-refractivity contribution in [1.29, 1.82) is 0 Å². The molecule has 0 aromatic heterocycles. The molecule has 2 aliphatic rings. The van der Waals surface area contributed by atoms with Crippen molar-refractivity contribution < 1.29 is 13.2 Å². The summed E-state index contributed by atoms with van der Waals surface area (Å²) in [6.45, 7) is 0. The van der Waals surface area contributed by atoms with Gasteiger partial charge in [0.15, 0.2) is 0 Å². The first-order valence-electron chi connectivity index (χ1n) is 3.72. The van der Waals surface area contributed by atoms with Gasteiger partial charge in [-0.2, -0.15) is 0 Å². The van der Waals surface area contributed by atoms with Crippen molar-refractivity contribution in [3.05, 3.63) is 36.2 Å². The predicted octanol–water partition coefficient (Wildman–Crippen LogP) is 2.85. The molecule has 2 rings (SSSR count). The van der Waals surface area contributed by atoms with E-state index in [0.717, 1.165) is 6.08 Å². The molecule has 0 spiro atoms. The highest BCUT2D eigenvalue weighted by molar-refractivity contribution is 5.30. The van der Waals surface area contributed by atoms with Gasteiger partial charge in [0.05, 0.1) is 11.8 Å². The quantitative estimate of drug-likeness (QED) is 0.527. The lowest BCUT2D eigenvalue weighted by atomic mass is 10.2. The molecule has 0 aromatic rings. The summed E-state index contributed by atoms with van der Waals surface area (Å²) in [7, 11) is 0. The molecule has 2 atom stereocenters. The molecule has 0 saturated heterocycles. The molecule has 0 nitrogen and oxygen atoms in total. The molecule has 3 heteroatoms. The second kappa shape index (κ2) is 2.25. The Morgan fingerprint density at radius 1 is 1.17 bits per heavy atom. The van der Waals surface area contributed by atoms with E-state index >= 15 is 0 Å². The number of allylic oxidation sites excluding steroid dienone is 6. The highest BCUT2D eigenvalue weighted by Crippen LogP contribution is 2.57. The lowest BCUT2D eigenvalue weighted by Crippen LogP contribution is -1.91. The summed E-state index contributed by atoms with van der Waals surface area (Å²) in [5.41, 5.74) is 0. The van der Waals surface area contributed by atoms with E-state index < -0.39 is 23.6 Å². The van der Waals surface area contributed by atoms with E-state index in [1.54, 1.807) is 0 Å². The molecule has 12 heavy (non-hydrogen) atoms. The summed E-state index contributed by atoms with van der Waals surface area (Å²) in [5, 5.41) is 0. The Morgan fingerprint density at radius 3 is 2.58 bits per heavy atom. The summed E-state index contributed by atoms with van der Waals surface area (Å²) >= 11 is 0. The SMILES string of the molecule is FC1=CC=CC2C(C=C1)C2(F)F. The zero-order valence-corrected chi connectivity index (χ0v) is 6.18. The fourth-order valence-electron chi connectivity index (χ4n) is 1.39. The van der Waals surface area contributed by atoms with Crippen LogP contribution in [0.4, 0.5) is 13.2 Å². The maximum absolute atomic E-state index is 12.7. The van der Waals surface area contributed by atoms with Gasteiger partial charge < -0.3 is 0 Å². The van der Waals surface area contributed by atoms with E-state index in [4.69, 9.17) is 0 Å². The molecular formula is C9H7F3. The van der Waals surface area contributed by atoms with Crippen molar-refractivity contribution in [2.45, 2.75) is 5.92 Å². The topological polar surface area (TPSA) is 0 Å². The number of alkyl halides is 2. The summed E-state index contributed by atoms with van der Waals surface area (Å²) in [5.74, 6) is -4.66. The van der Waals surface area contributed by atoms with Crippen LogP contribution < -0.4 is 0 Å². The maximum atomic E-state index is 12.7. The van der Waals surface area contributed by atoms with E-state index in [0.29, 0.717) is 0 Å². The minimum Gasteiger partial charge on any atom is -0.207 e. The number of hydrogen-bond donors (Lipinski definition) is 0. The van der Waals surface area contributed by atoms with Crippen molar-refractivity contribution in [1.82, 2.24) is 0 Å². The number of fused-ring (bicyclic) bond motifs is 1. The average Bonchev–Trinajstić information content (AvgIpc) is 2.44. The lowest BCUT2D eigenvalue weighted by Gasteiger charge is -1.87. The molecule has 0 aliphatic heterocycles. The number of halogens is 3. The highest BCUT2D eigenvalue weighted by Gasteiger charge is 2.65. The molecule has 1 fully saturated rings. The molecular weight excluding hydrogens is 165 g/mol. The standard InChI is InChI=1S/C9H7F3/c10-6-2-1-3-7-8(5-4-6)9(7,11)12/h1-5,7-8H. The van der Waals surface area contributed by atoms with Gasteiger partial charge in [0.25, 0.3) is 5.92 Å². The molecule has 0 N–H and O–H groups in total. The first kappa shape index (κ1) is 7.65. The third-order valence-corrected chi connectivity index (χ3v) is 2.20. The first-order valence-corrected chi connectivity index (χ1v) is 3.72. The van der Waals surface area contributed by atoms with Gasteiger partial charge in [-0.3, -0.25) is 0 Å². The van der Waals surface area contributed by atoms with Gasteiger partial charge >= 0.3 is 0 Å². The molecule has 0 bridgehead atoms. The van der Waals surface area contributed by atoms with Gasteiger partial charge in [-0.25, -0.2) is 13.2 Å². The zero-order chi connectivity index (χ0) is 8.77. The fraction of sp³-hybridized carbons (Fsp3) is 0.333. The van der Waals surface area contributed by atoms with Gasteiger partial charge in [0.1, 0.15) is 5.83 Å². The van der Waals surface area contributed by atoms with Crippen molar-refractivity contribution >= 4 is 0 Å². The van der Waals surface area contributed by atoms with Crippen LogP contribution in [-0.4, -0.2) is 5.92 Å². The second-order valence-electron chi connectivity index (χ2n) is 3.02. The van der Waals surface area contributed by atoms with Crippen LogP contribution in [0, 0.1) is 11.8 Å². The van der Waals surface area contributed by atoms with Gasteiger partial charge in [0, 0.05) is 0 Å². The van der Waals surface area contributed by atoms with Crippen LogP contribution in [0.25, 0.3) is 0 Å². The monoisotopic (exact) mass is 172 g/mol. The summed E-state index contributed by atoms with van der Waals surface area (Å²) in [6, 6.07) is 0. The van der Waals surface area contributed by atoms with Crippen molar-refractivity contribution in [3.63, 3.8) is 0 Å². The molecule has 2 unspecified atom stereocenters. The normalized spacial score (nSPS) is 36.4. The molecule has 0 amide bonds. The van der Waals surface area contributed by atoms with Crippen LogP contribution in [0.5, 0.6) is 0 Å². The smallest absolute Gasteiger partial charge is 0.207 e. The molecule has 0 aromatic carbocycles. The average molecular weight is 172 g/mol. The Morgan fingerprint density at radius 2 is 1.83 bits per heavy atom. The lowest BCUT2D eigenvalue weighted by molar-refractivity contribution is 0.0969. The van der Waals surface area contributed by atoms with Gasteiger partial charge in [0.2, 0.25) is 0 Å². The van der Waals surface area contributed by atoms with Gasteiger partial charge in [-0.15, -0.1) is 0 Å². The number of rotatable bonds is 0. The minimum absolute atomic E-state index is 0.479. The molecule has 1 saturated carbocycles. The van der Waals surface area contributed by atoms with Crippen LogP contribution >= 0.6 is 0 Å². The molecule has 64 valence electrons. The second-order valence-corrected chi connectivity index (χ2v) is 3.02. The fourth-order valence-corrected chi connectivity index (χ4v) is 1.39. The van der Waals surface area contributed by atoms with Crippen molar-refractivity contribution in [3.8, 4) is 0 Å². The number of hydrogen-bond acceptors (Lipinski definition) is 0. The summed E-state index contributed by atoms with van der Waals surface area (Å²) in [4.78, 5) is 0. The van der Waals surface area contributed by atoms with Gasteiger partial charge in [-0.05, 0) is 12.2 Å². The Bertz CT molecular complexity index is 286. The Hall–Kier alpha value is -0.990. The van der Waals surface area contributed by atoms with E-state index in [-0.39, 0.29) is 0 Å². The first-order chi connectivity index (χ1) is 5.62. The maximum Gasteiger partial charge on any atom is 0.262 e. The van der Waals surface area contributed by atoms with E-state index in [1.807, 2.05) is 0 Å². The summed E-state index contributed by atoms with van der Waals surface area (Å²) in [6.07, 6.45) is 6.22. The zero-order valence-electron chi connectivity index (χ0n) is 6.18. The molecule has 0 heterocycles. The van der Waals surface area contributed by atoms with Crippen molar-refractivity contribution in [2.75, 3.05) is 0 Å². The van der Waals surface area contributed by atoms with Crippen LogP contribution in [0.15, 0.2) is 36.2 Å². The van der Waals surface area contributed by atoms with Crippen LogP contribution in [0.3, 0.4) is 0 Å². The molecule has 0 radical (unpaired) electrons. The Kier molecular flexibility index (Phi) is 1.43. The Labute approximate surface area is 68.1 Å². The van der Waals surface area contributed by atoms with Crippen molar-refractivity contribution in [2.24, 2.45) is 11.8 Å². The molecule has 2 aliphatic carbocycles. The van der Waals surface area contributed by atoms with E-state index in [9.17, 15) is 13.2 Å². The highest BCUT2D eigenvalue weighted by atomic mass is 19.3. The van der Waals surface area contributed by atoms with Crippen LogP contribution in [-0.2, 0) is 0 Å². The Balaban J connectivity index is 2.26. The van der Waals surface area contributed by atoms with Crippen LogP contribution in [0.2, 0.25) is 0 Å². The third kappa shape index (κ3) is 1.00. The third-order valence-electron chi connectivity index (χ3n) is 2.20.